The molecule has 28 heavy (non-hydrogen) atoms. The molecule has 8 heteroatoms. The van der Waals surface area contributed by atoms with Gasteiger partial charge in [-0.25, -0.2) is 4.98 Å². The van der Waals surface area contributed by atoms with E-state index in [0.717, 1.165) is 54.7 Å². The van der Waals surface area contributed by atoms with Crippen LogP contribution in [0.5, 0.6) is 0 Å². The summed E-state index contributed by atoms with van der Waals surface area (Å²) < 4.78 is 7.83. The Morgan fingerprint density at radius 3 is 3.04 bits per heavy atom. The van der Waals surface area contributed by atoms with Gasteiger partial charge in [0.15, 0.2) is 11.3 Å². The molecule has 0 amide bonds. The molecule has 8 nitrogen and oxygen atoms in total. The molecule has 144 valence electrons. The van der Waals surface area contributed by atoms with Crippen LogP contribution < -0.4 is 0 Å². The fourth-order valence-electron chi connectivity index (χ4n) is 4.56. The third-order valence-corrected chi connectivity index (χ3v) is 6.35. The molecule has 2 saturated carbocycles. The summed E-state index contributed by atoms with van der Waals surface area (Å²) in [6.07, 6.45) is 7.81. The number of aromatic amines is 1. The highest BCUT2D eigenvalue weighted by atomic mass is 16.5. The number of hydrogen-bond acceptors (Lipinski definition) is 6. The second kappa shape index (κ2) is 6.30. The lowest BCUT2D eigenvalue weighted by atomic mass is 9.93. The Morgan fingerprint density at radius 1 is 1.43 bits per heavy atom. The lowest BCUT2D eigenvalue weighted by molar-refractivity contribution is -0.149. The summed E-state index contributed by atoms with van der Waals surface area (Å²) in [4.78, 5) is 19.8. The Kier molecular flexibility index (Phi) is 3.86. The Morgan fingerprint density at radius 2 is 2.29 bits per heavy atom. The summed E-state index contributed by atoms with van der Waals surface area (Å²) in [5.74, 6) is 1.20. The summed E-state index contributed by atoms with van der Waals surface area (Å²) in [5, 5.41) is 18.0. The zero-order valence-corrected chi connectivity index (χ0v) is 15.8. The zero-order chi connectivity index (χ0) is 19.3. The first-order valence-electron chi connectivity index (χ1n) is 9.90. The van der Waals surface area contributed by atoms with Crippen LogP contribution >= 0.6 is 0 Å². The minimum Gasteiger partial charge on any atom is -0.462 e. The van der Waals surface area contributed by atoms with E-state index in [0.29, 0.717) is 5.92 Å². The van der Waals surface area contributed by atoms with Gasteiger partial charge in [0.1, 0.15) is 11.9 Å². The second-order valence-electron chi connectivity index (χ2n) is 8.15. The first-order chi connectivity index (χ1) is 13.6. The van der Waals surface area contributed by atoms with E-state index < -0.39 is 5.41 Å². The van der Waals surface area contributed by atoms with Crippen molar-refractivity contribution in [1.29, 1.82) is 5.26 Å². The van der Waals surface area contributed by atoms with Crippen molar-refractivity contribution in [1.82, 2.24) is 24.6 Å². The van der Waals surface area contributed by atoms with Crippen molar-refractivity contribution < 1.29 is 9.53 Å². The predicted octanol–water partition coefficient (Wildman–Crippen LogP) is 3.11. The highest BCUT2D eigenvalue weighted by Gasteiger charge is 2.46. The number of nitriles is 1. The van der Waals surface area contributed by atoms with Crippen LogP contribution in [-0.4, -0.2) is 36.6 Å². The van der Waals surface area contributed by atoms with Crippen molar-refractivity contribution in [2.24, 2.45) is 11.3 Å². The van der Waals surface area contributed by atoms with E-state index in [-0.39, 0.29) is 24.4 Å². The standard InChI is InChI=1S/C20H22N6O2/c1-2-12-7-13(28-17(27)9-20(11-21)4-5-20)8-14(12)19-25-24-16-10-23-18-15(26(16)19)3-6-22-18/h3,6,10,12-14,22H,2,4-5,7-9H2,1H3/t12-,13+,14+/m1/s1. The van der Waals surface area contributed by atoms with Gasteiger partial charge in [0.2, 0.25) is 0 Å². The first kappa shape index (κ1) is 17.2. The van der Waals surface area contributed by atoms with Gasteiger partial charge in [0.25, 0.3) is 0 Å². The highest BCUT2D eigenvalue weighted by Crippen LogP contribution is 2.49. The number of nitrogens with one attached hydrogen (secondary N) is 1. The normalized spacial score (nSPS) is 25.8. The van der Waals surface area contributed by atoms with Gasteiger partial charge in [-0.3, -0.25) is 9.20 Å². The molecule has 0 aromatic carbocycles. The van der Waals surface area contributed by atoms with Crippen molar-refractivity contribution in [2.75, 3.05) is 0 Å². The molecule has 0 unspecified atom stereocenters. The second-order valence-corrected chi connectivity index (χ2v) is 8.15. The third-order valence-electron chi connectivity index (χ3n) is 6.35. The molecule has 3 aromatic rings. The van der Waals surface area contributed by atoms with E-state index in [2.05, 4.69) is 37.6 Å². The third kappa shape index (κ3) is 2.73. The van der Waals surface area contributed by atoms with E-state index in [1.165, 1.54) is 0 Å². The largest absolute Gasteiger partial charge is 0.462 e. The summed E-state index contributed by atoms with van der Waals surface area (Å²) in [6, 6.07) is 4.24. The molecule has 3 heterocycles. The molecule has 2 aliphatic rings. The maximum atomic E-state index is 12.3. The molecule has 0 radical (unpaired) electrons. The Labute approximate surface area is 161 Å². The maximum Gasteiger partial charge on any atom is 0.307 e. The molecular weight excluding hydrogens is 356 g/mol. The van der Waals surface area contributed by atoms with Crippen molar-refractivity contribution in [3.8, 4) is 6.07 Å². The van der Waals surface area contributed by atoms with E-state index in [4.69, 9.17) is 4.74 Å². The molecule has 0 bridgehead atoms. The first-order valence-corrected chi connectivity index (χ1v) is 9.90. The molecule has 0 spiro atoms. The minimum atomic E-state index is -0.463. The zero-order valence-electron chi connectivity index (χ0n) is 15.8. The van der Waals surface area contributed by atoms with Gasteiger partial charge in [-0.1, -0.05) is 13.3 Å². The molecule has 2 fully saturated rings. The molecule has 1 N–H and O–H groups in total. The number of rotatable bonds is 5. The lowest BCUT2D eigenvalue weighted by Crippen LogP contribution is -2.18. The quantitative estimate of drug-likeness (QED) is 0.683. The SMILES string of the molecule is CC[C@@H]1C[C@H](OC(=O)CC2(C#N)CC2)C[C@@H]1c1nnc2cnc3[nH]ccc3n12. The van der Waals surface area contributed by atoms with Crippen molar-refractivity contribution in [3.63, 3.8) is 0 Å². The number of carbonyl (C=O) groups excluding carboxylic acids is 1. The Bertz CT molecular complexity index is 1090. The number of aromatic nitrogens is 5. The van der Waals surface area contributed by atoms with Crippen LogP contribution in [0.4, 0.5) is 0 Å². The van der Waals surface area contributed by atoms with Crippen LogP contribution in [0.25, 0.3) is 16.8 Å². The van der Waals surface area contributed by atoms with E-state index in [1.54, 1.807) is 6.20 Å². The van der Waals surface area contributed by atoms with Crippen LogP contribution in [0, 0.1) is 22.7 Å². The molecule has 3 aromatic heterocycles. The number of ether oxygens (including phenoxy) is 1. The molecule has 0 saturated heterocycles. The van der Waals surface area contributed by atoms with Gasteiger partial charge in [-0.05, 0) is 37.7 Å². The van der Waals surface area contributed by atoms with Gasteiger partial charge in [0, 0.05) is 12.1 Å². The number of H-pyrrole nitrogens is 1. The highest BCUT2D eigenvalue weighted by molar-refractivity contribution is 5.74. The van der Waals surface area contributed by atoms with E-state index in [9.17, 15) is 10.1 Å². The smallest absolute Gasteiger partial charge is 0.307 e. The van der Waals surface area contributed by atoms with Crippen molar-refractivity contribution >= 4 is 22.8 Å². The van der Waals surface area contributed by atoms with Gasteiger partial charge in [-0.15, -0.1) is 10.2 Å². The molecule has 2 aliphatic carbocycles. The van der Waals surface area contributed by atoms with Crippen LogP contribution in [-0.2, 0) is 9.53 Å². The van der Waals surface area contributed by atoms with Crippen LogP contribution in [0.1, 0.15) is 57.2 Å². The van der Waals surface area contributed by atoms with Gasteiger partial charge in [0.05, 0.1) is 29.6 Å². The lowest BCUT2D eigenvalue weighted by Gasteiger charge is -2.15. The summed E-state index contributed by atoms with van der Waals surface area (Å²) in [7, 11) is 0. The molecular formula is C20H22N6O2. The summed E-state index contributed by atoms with van der Waals surface area (Å²) in [5.41, 5.74) is 2.02. The number of fused-ring (bicyclic) bond motifs is 3. The van der Waals surface area contributed by atoms with Crippen LogP contribution in [0.15, 0.2) is 18.5 Å². The van der Waals surface area contributed by atoms with Gasteiger partial charge in [-0.2, -0.15) is 5.26 Å². The minimum absolute atomic E-state index is 0.132. The van der Waals surface area contributed by atoms with Gasteiger partial charge < -0.3 is 9.72 Å². The van der Waals surface area contributed by atoms with Crippen molar-refractivity contribution in [2.45, 2.75) is 57.5 Å². The van der Waals surface area contributed by atoms with E-state index >= 15 is 0 Å². The fourth-order valence-corrected chi connectivity index (χ4v) is 4.56. The fraction of sp³-hybridized carbons (Fsp3) is 0.550. The molecule has 5 rings (SSSR count). The maximum absolute atomic E-state index is 12.3. The topological polar surface area (TPSA) is 109 Å². The average Bonchev–Trinajstić information content (AvgIpc) is 3.07. The van der Waals surface area contributed by atoms with Gasteiger partial charge >= 0.3 is 5.97 Å². The number of esters is 1. The molecule has 0 aliphatic heterocycles. The predicted molar refractivity (Wildman–Crippen MR) is 100 cm³/mol. The number of hydrogen-bond donors (Lipinski definition) is 1. The average molecular weight is 378 g/mol. The monoisotopic (exact) mass is 378 g/mol. The Balaban J connectivity index is 1.40. The van der Waals surface area contributed by atoms with Crippen LogP contribution in [0.2, 0.25) is 0 Å². The van der Waals surface area contributed by atoms with Crippen molar-refractivity contribution in [3.05, 3.63) is 24.3 Å². The molecule has 3 atom stereocenters. The Hall–Kier alpha value is -2.95. The summed E-state index contributed by atoms with van der Waals surface area (Å²) >= 11 is 0. The number of nitrogens with zero attached hydrogens (tertiary/aromatic N) is 5. The van der Waals surface area contributed by atoms with E-state index in [1.807, 2.05) is 12.3 Å². The summed E-state index contributed by atoms with van der Waals surface area (Å²) in [6.45, 7) is 2.16. The van der Waals surface area contributed by atoms with Crippen LogP contribution in [0.3, 0.4) is 0 Å². The number of carbonyl (C=O) groups is 1.